The lowest BCUT2D eigenvalue weighted by Crippen LogP contribution is -2.38. The number of hydrogen-bond acceptors (Lipinski definition) is 2. The van der Waals surface area contributed by atoms with Crippen molar-refractivity contribution in [1.29, 1.82) is 0 Å². The van der Waals surface area contributed by atoms with Gasteiger partial charge < -0.3 is 10.6 Å². The van der Waals surface area contributed by atoms with Crippen molar-refractivity contribution in [3.8, 4) is 0 Å². The first-order chi connectivity index (χ1) is 9.45. The first-order valence-corrected chi connectivity index (χ1v) is 7.43. The Morgan fingerprint density at radius 2 is 2.00 bits per heavy atom. The van der Waals surface area contributed by atoms with E-state index in [1.54, 1.807) is 6.92 Å². The summed E-state index contributed by atoms with van der Waals surface area (Å²) < 4.78 is 27.0. The van der Waals surface area contributed by atoms with Crippen LogP contribution < -0.4 is 10.6 Å². The minimum atomic E-state index is -0.633. The van der Waals surface area contributed by atoms with Gasteiger partial charge in [-0.05, 0) is 35.3 Å². The maximum absolute atomic E-state index is 13.6. The summed E-state index contributed by atoms with van der Waals surface area (Å²) in [5.41, 5.74) is -0.0260. The standard InChI is InChI=1S/C14H19BrF2N2O/c1-3-4-5-6-18-14(20)9(2)19-13-8-11(16)10(15)7-12(13)17/h7-9,19H,3-6H2,1-2H3,(H,18,20). The Hall–Kier alpha value is -1.17. The summed E-state index contributed by atoms with van der Waals surface area (Å²) in [6, 6.07) is 1.43. The zero-order chi connectivity index (χ0) is 15.1. The molecule has 20 heavy (non-hydrogen) atoms. The van der Waals surface area contributed by atoms with Gasteiger partial charge >= 0.3 is 0 Å². The normalized spacial score (nSPS) is 12.1. The zero-order valence-corrected chi connectivity index (χ0v) is 13.2. The second-order valence-electron chi connectivity index (χ2n) is 4.61. The topological polar surface area (TPSA) is 41.1 Å². The molecule has 0 aliphatic carbocycles. The summed E-state index contributed by atoms with van der Waals surface area (Å²) in [6.45, 7) is 4.28. The number of carbonyl (C=O) groups is 1. The number of nitrogens with one attached hydrogen (secondary N) is 2. The molecule has 0 heterocycles. The fraction of sp³-hybridized carbons (Fsp3) is 0.500. The molecule has 0 bridgehead atoms. The highest BCUT2D eigenvalue weighted by atomic mass is 79.9. The summed E-state index contributed by atoms with van der Waals surface area (Å²) in [5, 5.41) is 5.43. The molecule has 0 aliphatic heterocycles. The summed E-state index contributed by atoms with van der Waals surface area (Å²) >= 11 is 2.90. The van der Waals surface area contributed by atoms with Gasteiger partial charge in [0, 0.05) is 12.6 Å². The molecule has 1 rings (SSSR count). The summed E-state index contributed by atoms with van der Waals surface area (Å²) in [4.78, 5) is 11.8. The van der Waals surface area contributed by atoms with Gasteiger partial charge in [0.1, 0.15) is 17.7 Å². The average Bonchev–Trinajstić information content (AvgIpc) is 2.40. The average molecular weight is 349 g/mol. The SMILES string of the molecule is CCCCCNC(=O)C(C)Nc1cc(F)c(Br)cc1F. The number of anilines is 1. The minimum Gasteiger partial charge on any atom is -0.371 e. The van der Waals surface area contributed by atoms with Gasteiger partial charge in [-0.15, -0.1) is 0 Å². The van der Waals surface area contributed by atoms with Gasteiger partial charge in [0.15, 0.2) is 0 Å². The van der Waals surface area contributed by atoms with Crippen LogP contribution >= 0.6 is 15.9 Å². The lowest BCUT2D eigenvalue weighted by atomic mass is 10.2. The molecule has 112 valence electrons. The smallest absolute Gasteiger partial charge is 0.242 e. The molecule has 6 heteroatoms. The van der Waals surface area contributed by atoms with Gasteiger partial charge in [0.05, 0.1) is 10.2 Å². The molecule has 1 aromatic rings. The van der Waals surface area contributed by atoms with Crippen LogP contribution in [0.25, 0.3) is 0 Å². The Morgan fingerprint density at radius 3 is 2.65 bits per heavy atom. The van der Waals surface area contributed by atoms with E-state index in [-0.39, 0.29) is 16.1 Å². The van der Waals surface area contributed by atoms with Crippen LogP contribution in [0.15, 0.2) is 16.6 Å². The number of amides is 1. The molecule has 0 fully saturated rings. The summed E-state index contributed by atoms with van der Waals surface area (Å²) in [5.74, 6) is -1.42. The number of halogens is 3. The molecular formula is C14H19BrF2N2O. The van der Waals surface area contributed by atoms with Crippen LogP contribution in [0.2, 0.25) is 0 Å². The fourth-order valence-corrected chi connectivity index (χ4v) is 1.99. The van der Waals surface area contributed by atoms with Crippen molar-refractivity contribution in [3.63, 3.8) is 0 Å². The third-order valence-corrected chi connectivity index (χ3v) is 3.46. The highest BCUT2D eigenvalue weighted by molar-refractivity contribution is 9.10. The highest BCUT2D eigenvalue weighted by Gasteiger charge is 2.15. The Kier molecular flexibility index (Phi) is 6.91. The van der Waals surface area contributed by atoms with E-state index in [2.05, 4.69) is 33.5 Å². The van der Waals surface area contributed by atoms with Gasteiger partial charge in [-0.1, -0.05) is 19.8 Å². The molecule has 1 amide bonds. The maximum atomic E-state index is 13.6. The fourth-order valence-electron chi connectivity index (χ4n) is 1.67. The molecule has 0 spiro atoms. The molecule has 2 N–H and O–H groups in total. The lowest BCUT2D eigenvalue weighted by Gasteiger charge is -2.16. The number of rotatable bonds is 7. The first kappa shape index (κ1) is 16.9. The molecular weight excluding hydrogens is 330 g/mol. The Labute approximate surface area is 126 Å². The zero-order valence-electron chi connectivity index (χ0n) is 11.6. The second kappa shape index (κ2) is 8.19. The van der Waals surface area contributed by atoms with Crippen LogP contribution in [0.3, 0.4) is 0 Å². The van der Waals surface area contributed by atoms with Crippen LogP contribution in [0.4, 0.5) is 14.5 Å². The number of benzene rings is 1. The summed E-state index contributed by atoms with van der Waals surface area (Å²) in [6.07, 6.45) is 3.04. The van der Waals surface area contributed by atoms with E-state index in [4.69, 9.17) is 0 Å². The highest BCUT2D eigenvalue weighted by Crippen LogP contribution is 2.23. The Morgan fingerprint density at radius 1 is 1.30 bits per heavy atom. The molecule has 0 aromatic heterocycles. The van der Waals surface area contributed by atoms with E-state index in [0.717, 1.165) is 31.4 Å². The quantitative estimate of drug-likeness (QED) is 0.580. The largest absolute Gasteiger partial charge is 0.371 e. The van der Waals surface area contributed by atoms with Gasteiger partial charge in [0.25, 0.3) is 0 Å². The number of unbranched alkanes of at least 4 members (excludes halogenated alkanes) is 2. The molecule has 1 aromatic carbocycles. The Bertz CT molecular complexity index is 469. The monoisotopic (exact) mass is 348 g/mol. The molecule has 0 saturated heterocycles. The third kappa shape index (κ3) is 5.07. The Balaban J connectivity index is 2.55. The van der Waals surface area contributed by atoms with Crippen molar-refractivity contribution in [2.24, 2.45) is 0 Å². The van der Waals surface area contributed by atoms with Crippen LogP contribution in [0.1, 0.15) is 33.1 Å². The number of carbonyl (C=O) groups excluding carboxylic acids is 1. The predicted molar refractivity (Wildman–Crippen MR) is 79.7 cm³/mol. The minimum absolute atomic E-state index is 0.0260. The second-order valence-corrected chi connectivity index (χ2v) is 5.46. The molecule has 1 atom stereocenters. The molecule has 1 unspecified atom stereocenters. The third-order valence-electron chi connectivity index (χ3n) is 2.85. The van der Waals surface area contributed by atoms with Crippen molar-refractivity contribution < 1.29 is 13.6 Å². The molecule has 0 saturated carbocycles. The van der Waals surface area contributed by atoms with Crippen molar-refractivity contribution >= 4 is 27.5 Å². The van der Waals surface area contributed by atoms with Crippen LogP contribution in [0.5, 0.6) is 0 Å². The van der Waals surface area contributed by atoms with Gasteiger partial charge in [-0.3, -0.25) is 4.79 Å². The molecule has 0 radical (unpaired) electrons. The molecule has 3 nitrogen and oxygen atoms in total. The van der Waals surface area contributed by atoms with Gasteiger partial charge in [-0.2, -0.15) is 0 Å². The van der Waals surface area contributed by atoms with Crippen LogP contribution in [0, 0.1) is 11.6 Å². The van der Waals surface area contributed by atoms with Crippen molar-refractivity contribution in [2.45, 2.75) is 39.2 Å². The van der Waals surface area contributed by atoms with E-state index < -0.39 is 17.7 Å². The molecule has 0 aliphatic rings. The predicted octanol–water partition coefficient (Wildman–Crippen LogP) is 3.83. The van der Waals surface area contributed by atoms with Gasteiger partial charge in [-0.25, -0.2) is 8.78 Å². The van der Waals surface area contributed by atoms with E-state index >= 15 is 0 Å². The van der Waals surface area contributed by atoms with E-state index in [0.29, 0.717) is 6.54 Å². The van der Waals surface area contributed by atoms with E-state index in [9.17, 15) is 13.6 Å². The first-order valence-electron chi connectivity index (χ1n) is 6.64. The van der Waals surface area contributed by atoms with Gasteiger partial charge in [0.2, 0.25) is 5.91 Å². The van der Waals surface area contributed by atoms with Crippen LogP contribution in [-0.2, 0) is 4.79 Å². The summed E-state index contributed by atoms with van der Waals surface area (Å²) in [7, 11) is 0. The van der Waals surface area contributed by atoms with E-state index in [1.807, 2.05) is 0 Å². The van der Waals surface area contributed by atoms with Crippen LogP contribution in [-0.4, -0.2) is 18.5 Å². The number of hydrogen-bond donors (Lipinski definition) is 2. The van der Waals surface area contributed by atoms with Crippen molar-refractivity contribution in [3.05, 3.63) is 28.2 Å². The maximum Gasteiger partial charge on any atom is 0.242 e. The lowest BCUT2D eigenvalue weighted by molar-refractivity contribution is -0.121. The van der Waals surface area contributed by atoms with E-state index in [1.165, 1.54) is 0 Å². The van der Waals surface area contributed by atoms with Crippen molar-refractivity contribution in [1.82, 2.24) is 5.32 Å². The van der Waals surface area contributed by atoms with Crippen molar-refractivity contribution in [2.75, 3.05) is 11.9 Å².